The number of ether oxygens (including phenoxy) is 1. The molecule has 1 heterocycles. The molecule has 0 amide bonds. The first kappa shape index (κ1) is 22.1. The van der Waals surface area contributed by atoms with Crippen LogP contribution in [-0.4, -0.2) is 31.2 Å². The number of hydrogen-bond donors (Lipinski definition) is 2. The molecule has 0 saturated carbocycles. The molecule has 23 heavy (non-hydrogen) atoms. The highest BCUT2D eigenvalue weighted by atomic mass is 79.9. The van der Waals surface area contributed by atoms with Crippen LogP contribution in [0, 0.1) is 0 Å². The van der Waals surface area contributed by atoms with Crippen LogP contribution in [0.5, 0.6) is 5.75 Å². The first-order valence-electron chi connectivity index (χ1n) is 7.64. The minimum Gasteiger partial charge on any atom is -0.497 e. The third-order valence-electron chi connectivity index (χ3n) is 3.57. The highest BCUT2D eigenvalue weighted by Crippen LogP contribution is 2.27. The zero-order chi connectivity index (χ0) is 15.1. The third kappa shape index (κ3) is 6.65. The van der Waals surface area contributed by atoms with Crippen LogP contribution in [0.25, 0.3) is 10.9 Å². The molecular formula is C17H27Br2N3O. The highest BCUT2D eigenvalue weighted by molar-refractivity contribution is 8.93. The number of pyridine rings is 1. The van der Waals surface area contributed by atoms with E-state index in [-0.39, 0.29) is 34.0 Å². The lowest BCUT2D eigenvalue weighted by atomic mass is 10.1. The standard InChI is InChI=1S/C17H25N3O.2BrH/c1-4-6-13(2)18-9-10-19-16-12-15(21-3)11-14-7-5-8-20-17(14)16;;/h5,7-8,11-13,18-19H,4,6,9-10H2,1-3H3;2*1H. The van der Waals surface area contributed by atoms with E-state index in [1.54, 1.807) is 7.11 Å². The van der Waals surface area contributed by atoms with E-state index in [0.29, 0.717) is 6.04 Å². The Balaban J connectivity index is 0.00000242. The molecule has 0 radical (unpaired) electrons. The van der Waals surface area contributed by atoms with Gasteiger partial charge in [0.15, 0.2) is 0 Å². The number of aromatic nitrogens is 1. The second kappa shape index (κ2) is 11.6. The molecule has 0 spiro atoms. The zero-order valence-corrected chi connectivity index (χ0v) is 17.4. The van der Waals surface area contributed by atoms with Crippen molar-refractivity contribution in [3.05, 3.63) is 30.5 Å². The fraction of sp³-hybridized carbons (Fsp3) is 0.471. The van der Waals surface area contributed by atoms with Crippen molar-refractivity contribution in [2.24, 2.45) is 0 Å². The molecule has 2 N–H and O–H groups in total. The summed E-state index contributed by atoms with van der Waals surface area (Å²) in [6.07, 6.45) is 4.25. The Bertz CT molecular complexity index is 581. The van der Waals surface area contributed by atoms with E-state index < -0.39 is 0 Å². The van der Waals surface area contributed by atoms with Gasteiger partial charge < -0.3 is 15.4 Å². The quantitative estimate of drug-likeness (QED) is 0.579. The van der Waals surface area contributed by atoms with Gasteiger partial charge in [0.25, 0.3) is 0 Å². The molecule has 0 aliphatic rings. The molecule has 130 valence electrons. The normalized spacial score (nSPS) is 11.3. The van der Waals surface area contributed by atoms with Crippen LogP contribution in [0.2, 0.25) is 0 Å². The molecule has 0 aliphatic carbocycles. The lowest BCUT2D eigenvalue weighted by molar-refractivity contribution is 0.415. The smallest absolute Gasteiger partial charge is 0.121 e. The summed E-state index contributed by atoms with van der Waals surface area (Å²) in [7, 11) is 1.69. The van der Waals surface area contributed by atoms with Crippen LogP contribution >= 0.6 is 34.0 Å². The van der Waals surface area contributed by atoms with Gasteiger partial charge in [-0.15, -0.1) is 34.0 Å². The Labute approximate surface area is 159 Å². The van der Waals surface area contributed by atoms with E-state index in [9.17, 15) is 0 Å². The topological polar surface area (TPSA) is 46.2 Å². The van der Waals surface area contributed by atoms with Gasteiger partial charge in [0.1, 0.15) is 5.75 Å². The fourth-order valence-electron chi connectivity index (χ4n) is 2.47. The molecular weight excluding hydrogens is 422 g/mol. The second-order valence-electron chi connectivity index (χ2n) is 5.32. The molecule has 0 saturated heterocycles. The minimum absolute atomic E-state index is 0. The van der Waals surface area contributed by atoms with Crippen molar-refractivity contribution in [3.63, 3.8) is 0 Å². The van der Waals surface area contributed by atoms with E-state index in [4.69, 9.17) is 4.74 Å². The molecule has 2 rings (SSSR count). The Kier molecular flexibility index (Phi) is 11.2. The maximum Gasteiger partial charge on any atom is 0.121 e. The summed E-state index contributed by atoms with van der Waals surface area (Å²) >= 11 is 0. The minimum atomic E-state index is 0. The summed E-state index contributed by atoms with van der Waals surface area (Å²) in [4.78, 5) is 4.46. The van der Waals surface area contributed by atoms with Gasteiger partial charge in [-0.05, 0) is 25.5 Å². The van der Waals surface area contributed by atoms with Crippen molar-refractivity contribution in [1.29, 1.82) is 0 Å². The van der Waals surface area contributed by atoms with Crippen molar-refractivity contribution in [2.75, 3.05) is 25.5 Å². The molecule has 0 aliphatic heterocycles. The number of nitrogens with one attached hydrogen (secondary N) is 2. The van der Waals surface area contributed by atoms with Crippen LogP contribution < -0.4 is 15.4 Å². The Morgan fingerprint density at radius 3 is 2.70 bits per heavy atom. The predicted molar refractivity (Wildman–Crippen MR) is 110 cm³/mol. The number of methoxy groups -OCH3 is 1. The molecule has 1 unspecified atom stereocenters. The number of rotatable bonds is 8. The number of hydrogen-bond acceptors (Lipinski definition) is 4. The molecule has 1 atom stereocenters. The van der Waals surface area contributed by atoms with Gasteiger partial charge in [-0.25, -0.2) is 0 Å². The van der Waals surface area contributed by atoms with Crippen molar-refractivity contribution in [1.82, 2.24) is 10.3 Å². The van der Waals surface area contributed by atoms with Crippen LogP contribution in [0.3, 0.4) is 0 Å². The van der Waals surface area contributed by atoms with Crippen LogP contribution in [0.15, 0.2) is 30.5 Å². The van der Waals surface area contributed by atoms with Gasteiger partial charge in [-0.3, -0.25) is 4.98 Å². The number of anilines is 1. The molecule has 0 bridgehead atoms. The average Bonchev–Trinajstić information content (AvgIpc) is 2.51. The van der Waals surface area contributed by atoms with Crippen LogP contribution in [0.1, 0.15) is 26.7 Å². The molecule has 2 aromatic rings. The monoisotopic (exact) mass is 447 g/mol. The number of fused-ring (bicyclic) bond motifs is 1. The lowest BCUT2D eigenvalue weighted by Crippen LogP contribution is -2.30. The summed E-state index contributed by atoms with van der Waals surface area (Å²) in [5.74, 6) is 0.852. The van der Waals surface area contributed by atoms with Gasteiger partial charge in [0.05, 0.1) is 18.3 Å². The molecule has 6 heteroatoms. The maximum absolute atomic E-state index is 5.36. The SMILES string of the molecule is Br.Br.CCCC(C)NCCNc1cc(OC)cc2cccnc12. The highest BCUT2D eigenvalue weighted by Gasteiger charge is 2.05. The van der Waals surface area contributed by atoms with Crippen molar-refractivity contribution >= 4 is 50.6 Å². The van der Waals surface area contributed by atoms with Crippen molar-refractivity contribution < 1.29 is 4.74 Å². The van der Waals surface area contributed by atoms with Gasteiger partial charge >= 0.3 is 0 Å². The van der Waals surface area contributed by atoms with E-state index >= 15 is 0 Å². The van der Waals surface area contributed by atoms with Gasteiger partial charge in [-0.1, -0.05) is 19.4 Å². The molecule has 1 aromatic carbocycles. The fourth-order valence-corrected chi connectivity index (χ4v) is 2.47. The molecule has 0 fully saturated rings. The summed E-state index contributed by atoms with van der Waals surface area (Å²) in [5.41, 5.74) is 2.01. The van der Waals surface area contributed by atoms with Gasteiger partial charge in [-0.2, -0.15) is 0 Å². The Hall–Kier alpha value is -0.850. The first-order valence-corrected chi connectivity index (χ1v) is 7.64. The molecule has 4 nitrogen and oxygen atoms in total. The number of benzene rings is 1. The van der Waals surface area contributed by atoms with Crippen molar-refractivity contribution in [3.8, 4) is 5.75 Å². The summed E-state index contributed by atoms with van der Waals surface area (Å²) < 4.78 is 5.36. The van der Waals surface area contributed by atoms with E-state index in [2.05, 4.69) is 35.5 Å². The zero-order valence-electron chi connectivity index (χ0n) is 14.0. The van der Waals surface area contributed by atoms with E-state index in [1.165, 1.54) is 12.8 Å². The Morgan fingerprint density at radius 2 is 2.00 bits per heavy atom. The van der Waals surface area contributed by atoms with Gasteiger partial charge in [0.2, 0.25) is 0 Å². The summed E-state index contributed by atoms with van der Waals surface area (Å²) in [6.45, 7) is 6.25. The third-order valence-corrected chi connectivity index (χ3v) is 3.57. The number of halogens is 2. The van der Waals surface area contributed by atoms with E-state index in [0.717, 1.165) is 35.4 Å². The lowest BCUT2D eigenvalue weighted by Gasteiger charge is -2.14. The van der Waals surface area contributed by atoms with Crippen LogP contribution in [-0.2, 0) is 0 Å². The summed E-state index contributed by atoms with van der Waals surface area (Å²) in [5, 5.41) is 8.06. The maximum atomic E-state index is 5.36. The largest absolute Gasteiger partial charge is 0.497 e. The predicted octanol–water partition coefficient (Wildman–Crippen LogP) is 4.59. The van der Waals surface area contributed by atoms with Crippen LogP contribution in [0.4, 0.5) is 5.69 Å². The number of nitrogens with zero attached hydrogens (tertiary/aromatic N) is 1. The average molecular weight is 449 g/mol. The summed E-state index contributed by atoms with van der Waals surface area (Å²) in [6, 6.07) is 8.58. The molecule has 1 aromatic heterocycles. The van der Waals surface area contributed by atoms with Gasteiger partial charge in [0, 0.05) is 36.8 Å². The van der Waals surface area contributed by atoms with E-state index in [1.807, 2.05) is 24.4 Å². The first-order chi connectivity index (χ1) is 10.2. The second-order valence-corrected chi connectivity index (χ2v) is 5.32. The Morgan fingerprint density at radius 1 is 1.22 bits per heavy atom. The van der Waals surface area contributed by atoms with Crippen molar-refractivity contribution in [2.45, 2.75) is 32.7 Å².